The first-order chi connectivity index (χ1) is 10.6. The zero-order chi connectivity index (χ0) is 15.5. The smallest absolute Gasteiger partial charge is 0.218 e. The van der Waals surface area contributed by atoms with Crippen molar-refractivity contribution in [3.8, 4) is 17.7 Å². The number of pyridine rings is 1. The van der Waals surface area contributed by atoms with Crippen molar-refractivity contribution in [2.75, 3.05) is 0 Å². The van der Waals surface area contributed by atoms with Crippen LogP contribution in [0.4, 0.5) is 4.39 Å². The van der Waals surface area contributed by atoms with E-state index in [1.165, 1.54) is 12.4 Å². The molecule has 0 N–H and O–H groups in total. The molecule has 0 spiro atoms. The average Bonchev–Trinajstić information content (AvgIpc) is 2.86. The molecule has 0 aromatic carbocycles. The summed E-state index contributed by atoms with van der Waals surface area (Å²) in [6, 6.07) is 4.98. The van der Waals surface area contributed by atoms with Gasteiger partial charge in [-0.2, -0.15) is 4.39 Å². The average molecular weight is 293 g/mol. The molecular formula is C16H12FN5. The summed E-state index contributed by atoms with van der Waals surface area (Å²) in [4.78, 5) is 15.9. The summed E-state index contributed by atoms with van der Waals surface area (Å²) >= 11 is 0. The fourth-order valence-corrected chi connectivity index (χ4v) is 1.98. The third-order valence-electron chi connectivity index (χ3n) is 2.98. The van der Waals surface area contributed by atoms with Crippen molar-refractivity contribution >= 4 is 0 Å². The molecule has 0 amide bonds. The molecule has 22 heavy (non-hydrogen) atoms. The second kappa shape index (κ2) is 5.74. The van der Waals surface area contributed by atoms with Crippen molar-refractivity contribution < 1.29 is 4.39 Å². The number of hydrogen-bond donors (Lipinski definition) is 0. The van der Waals surface area contributed by atoms with Gasteiger partial charge in [-0.15, -0.1) is 0 Å². The van der Waals surface area contributed by atoms with E-state index in [9.17, 15) is 4.39 Å². The highest BCUT2D eigenvalue weighted by Crippen LogP contribution is 2.10. The molecule has 0 saturated heterocycles. The van der Waals surface area contributed by atoms with Crippen molar-refractivity contribution in [3.05, 3.63) is 65.6 Å². The number of imidazole rings is 1. The molecule has 6 heteroatoms. The largest absolute Gasteiger partial charge is 0.287 e. The van der Waals surface area contributed by atoms with Gasteiger partial charge >= 0.3 is 0 Å². The molecule has 0 unspecified atom stereocenters. The first-order valence-electron chi connectivity index (χ1n) is 6.60. The van der Waals surface area contributed by atoms with E-state index < -0.39 is 5.95 Å². The van der Waals surface area contributed by atoms with Crippen LogP contribution in [-0.4, -0.2) is 24.5 Å². The Morgan fingerprint density at radius 3 is 2.73 bits per heavy atom. The number of nitrogens with zero attached hydrogens (tertiary/aromatic N) is 5. The van der Waals surface area contributed by atoms with Crippen molar-refractivity contribution in [2.24, 2.45) is 0 Å². The maximum atomic E-state index is 13.2. The Morgan fingerprint density at radius 2 is 1.95 bits per heavy atom. The Hall–Kier alpha value is -3.07. The molecule has 0 fully saturated rings. The van der Waals surface area contributed by atoms with Gasteiger partial charge in [0.25, 0.3) is 0 Å². The number of halogens is 1. The lowest BCUT2D eigenvalue weighted by molar-refractivity contribution is 0.577. The molecule has 0 aliphatic carbocycles. The quantitative estimate of drug-likeness (QED) is 0.510. The van der Waals surface area contributed by atoms with E-state index in [1.54, 1.807) is 17.0 Å². The van der Waals surface area contributed by atoms with Crippen LogP contribution in [0.1, 0.15) is 22.8 Å². The van der Waals surface area contributed by atoms with Crippen LogP contribution in [-0.2, 0) is 0 Å². The molecule has 0 bridgehead atoms. The summed E-state index contributed by atoms with van der Waals surface area (Å²) in [5.41, 5.74) is 2.36. The van der Waals surface area contributed by atoms with E-state index >= 15 is 0 Å². The van der Waals surface area contributed by atoms with E-state index in [2.05, 4.69) is 31.8 Å². The minimum absolute atomic E-state index is 0.422. The highest BCUT2D eigenvalue weighted by atomic mass is 19.1. The highest BCUT2D eigenvalue weighted by molar-refractivity contribution is 5.40. The third kappa shape index (κ3) is 2.99. The van der Waals surface area contributed by atoms with Crippen LogP contribution in [0.5, 0.6) is 0 Å². The fourth-order valence-electron chi connectivity index (χ4n) is 1.98. The van der Waals surface area contributed by atoms with Crippen LogP contribution < -0.4 is 0 Å². The zero-order valence-electron chi connectivity index (χ0n) is 12.1. The summed E-state index contributed by atoms with van der Waals surface area (Å²) in [5, 5.41) is 0. The standard InChI is InChI=1S/C16H12FN5/c1-11-7-13(5-6-18-11)3-4-14-9-22(12(2)21-14)16-8-15(17)19-10-20-16/h5-10H,1-2H3. The summed E-state index contributed by atoms with van der Waals surface area (Å²) in [6.07, 6.45) is 4.61. The van der Waals surface area contributed by atoms with Crippen LogP contribution in [0.25, 0.3) is 5.82 Å². The first kappa shape index (κ1) is 13.9. The molecule has 0 aliphatic heterocycles. The van der Waals surface area contributed by atoms with Crippen LogP contribution in [0.2, 0.25) is 0 Å². The Morgan fingerprint density at radius 1 is 1.09 bits per heavy atom. The molecule has 0 aliphatic rings. The van der Waals surface area contributed by atoms with E-state index in [4.69, 9.17) is 0 Å². The summed E-state index contributed by atoms with van der Waals surface area (Å²) in [6.45, 7) is 3.72. The summed E-state index contributed by atoms with van der Waals surface area (Å²) in [7, 11) is 0. The van der Waals surface area contributed by atoms with Crippen molar-refractivity contribution in [1.82, 2.24) is 24.5 Å². The number of rotatable bonds is 1. The number of aryl methyl sites for hydroxylation is 2. The van der Waals surface area contributed by atoms with E-state index in [0.29, 0.717) is 17.3 Å². The van der Waals surface area contributed by atoms with Gasteiger partial charge in [-0.1, -0.05) is 5.92 Å². The lowest BCUT2D eigenvalue weighted by atomic mass is 10.2. The first-order valence-corrected chi connectivity index (χ1v) is 6.60. The molecule has 108 valence electrons. The molecule has 0 saturated carbocycles. The van der Waals surface area contributed by atoms with Gasteiger partial charge < -0.3 is 0 Å². The molecule has 3 aromatic heterocycles. The second-order valence-corrected chi connectivity index (χ2v) is 4.68. The third-order valence-corrected chi connectivity index (χ3v) is 2.98. The maximum Gasteiger partial charge on any atom is 0.218 e. The van der Waals surface area contributed by atoms with E-state index in [0.717, 1.165) is 11.3 Å². The fraction of sp³-hybridized carbons (Fsp3) is 0.125. The molecular weight excluding hydrogens is 281 g/mol. The van der Waals surface area contributed by atoms with Gasteiger partial charge in [0.05, 0.1) is 0 Å². The second-order valence-electron chi connectivity index (χ2n) is 4.68. The minimum Gasteiger partial charge on any atom is -0.287 e. The van der Waals surface area contributed by atoms with Crippen LogP contribution in [0.15, 0.2) is 36.9 Å². The Kier molecular flexibility index (Phi) is 3.62. The van der Waals surface area contributed by atoms with Gasteiger partial charge in [-0.05, 0) is 31.9 Å². The zero-order valence-corrected chi connectivity index (χ0v) is 12.1. The van der Waals surface area contributed by atoms with Crippen LogP contribution in [0.3, 0.4) is 0 Å². The Balaban J connectivity index is 1.93. The molecule has 3 aromatic rings. The van der Waals surface area contributed by atoms with Gasteiger partial charge in [0.2, 0.25) is 5.95 Å². The van der Waals surface area contributed by atoms with Gasteiger partial charge in [0, 0.05) is 29.7 Å². The number of hydrogen-bond acceptors (Lipinski definition) is 4. The molecule has 0 atom stereocenters. The Labute approximate surface area is 126 Å². The van der Waals surface area contributed by atoms with Gasteiger partial charge in [0.1, 0.15) is 23.7 Å². The lowest BCUT2D eigenvalue weighted by Crippen LogP contribution is -2.00. The predicted octanol–water partition coefficient (Wildman–Crippen LogP) is 2.21. The molecule has 3 heterocycles. The molecule has 0 radical (unpaired) electrons. The van der Waals surface area contributed by atoms with Crippen molar-refractivity contribution in [1.29, 1.82) is 0 Å². The van der Waals surface area contributed by atoms with Crippen LogP contribution >= 0.6 is 0 Å². The van der Waals surface area contributed by atoms with Gasteiger partial charge in [-0.25, -0.2) is 15.0 Å². The topological polar surface area (TPSA) is 56.5 Å². The van der Waals surface area contributed by atoms with Gasteiger partial charge in [0.15, 0.2) is 0 Å². The minimum atomic E-state index is -0.585. The van der Waals surface area contributed by atoms with Gasteiger partial charge in [-0.3, -0.25) is 9.55 Å². The van der Waals surface area contributed by atoms with Crippen molar-refractivity contribution in [3.63, 3.8) is 0 Å². The number of aromatic nitrogens is 5. The summed E-state index contributed by atoms with van der Waals surface area (Å²) < 4.78 is 14.9. The molecule has 5 nitrogen and oxygen atoms in total. The SMILES string of the molecule is Cc1cc(C#Cc2cn(-c3cc(F)ncn3)c(C)n2)ccn1. The lowest BCUT2D eigenvalue weighted by Gasteiger charge is -2.01. The van der Waals surface area contributed by atoms with E-state index in [1.807, 2.05) is 26.0 Å². The van der Waals surface area contributed by atoms with Crippen LogP contribution in [0, 0.1) is 31.6 Å². The Bertz CT molecular complexity index is 889. The predicted molar refractivity (Wildman–Crippen MR) is 78.8 cm³/mol. The van der Waals surface area contributed by atoms with E-state index in [-0.39, 0.29) is 0 Å². The maximum absolute atomic E-state index is 13.2. The van der Waals surface area contributed by atoms with Crippen molar-refractivity contribution in [2.45, 2.75) is 13.8 Å². The normalized spacial score (nSPS) is 10.1. The monoisotopic (exact) mass is 293 g/mol. The summed E-state index contributed by atoms with van der Waals surface area (Å²) in [5.74, 6) is 6.53. The highest BCUT2D eigenvalue weighted by Gasteiger charge is 2.06. The molecule has 3 rings (SSSR count).